The zero-order chi connectivity index (χ0) is 16.1. The summed E-state index contributed by atoms with van der Waals surface area (Å²) < 4.78 is 0. The highest BCUT2D eigenvalue weighted by Crippen LogP contribution is 2.22. The summed E-state index contributed by atoms with van der Waals surface area (Å²) in [5, 5.41) is 7.29. The lowest BCUT2D eigenvalue weighted by Gasteiger charge is -2.15. The van der Waals surface area contributed by atoms with Gasteiger partial charge in [0.25, 0.3) is 0 Å². The van der Waals surface area contributed by atoms with E-state index in [0.29, 0.717) is 15.7 Å². The maximum absolute atomic E-state index is 12.0. The van der Waals surface area contributed by atoms with E-state index in [9.17, 15) is 4.79 Å². The zero-order valence-corrected chi connectivity index (χ0v) is 14.0. The Bertz CT molecular complexity index is 673. The van der Waals surface area contributed by atoms with Gasteiger partial charge in [0, 0.05) is 21.8 Å². The fourth-order valence-corrected chi connectivity index (χ4v) is 2.54. The quantitative estimate of drug-likeness (QED) is 0.838. The van der Waals surface area contributed by atoms with Gasteiger partial charge < -0.3 is 10.6 Å². The van der Waals surface area contributed by atoms with Gasteiger partial charge in [-0.05, 0) is 43.2 Å². The van der Waals surface area contributed by atoms with Crippen LogP contribution < -0.4 is 10.6 Å². The van der Waals surface area contributed by atoms with Gasteiger partial charge in [-0.3, -0.25) is 4.79 Å². The summed E-state index contributed by atoms with van der Waals surface area (Å²) in [6, 6.07) is 13.0. The molecule has 2 aromatic rings. The largest absolute Gasteiger partial charge is 0.325 e. The number of nitrogens with one attached hydrogen (secondary N) is 2. The van der Waals surface area contributed by atoms with E-state index in [2.05, 4.69) is 10.6 Å². The molecule has 0 radical (unpaired) electrons. The first-order chi connectivity index (χ1) is 10.5. The van der Waals surface area contributed by atoms with Gasteiger partial charge in [-0.1, -0.05) is 47.5 Å². The molecule has 0 saturated heterocycles. The minimum atomic E-state index is -0.126. The highest BCUT2D eigenvalue weighted by Gasteiger charge is 2.10. The van der Waals surface area contributed by atoms with Crippen LogP contribution in [-0.4, -0.2) is 12.5 Å². The molecule has 2 N–H and O–H groups in total. The number of benzene rings is 2. The highest BCUT2D eigenvalue weighted by atomic mass is 35.5. The van der Waals surface area contributed by atoms with E-state index >= 15 is 0 Å². The van der Waals surface area contributed by atoms with Crippen LogP contribution in [0.5, 0.6) is 0 Å². The second kappa shape index (κ2) is 7.63. The Labute approximate surface area is 140 Å². The topological polar surface area (TPSA) is 41.1 Å². The predicted molar refractivity (Wildman–Crippen MR) is 92.7 cm³/mol. The van der Waals surface area contributed by atoms with E-state index in [1.54, 1.807) is 6.07 Å². The highest BCUT2D eigenvalue weighted by molar-refractivity contribution is 6.31. The lowest BCUT2D eigenvalue weighted by Crippen LogP contribution is -2.30. The summed E-state index contributed by atoms with van der Waals surface area (Å²) in [6.07, 6.45) is 0. The lowest BCUT2D eigenvalue weighted by molar-refractivity contribution is -0.115. The molecule has 116 valence electrons. The fourth-order valence-electron chi connectivity index (χ4n) is 2.06. The zero-order valence-electron chi connectivity index (χ0n) is 12.5. The summed E-state index contributed by atoms with van der Waals surface area (Å²) in [4.78, 5) is 12.0. The van der Waals surface area contributed by atoms with Crippen LogP contribution in [0.4, 0.5) is 5.69 Å². The summed E-state index contributed by atoms with van der Waals surface area (Å²) in [6.45, 7) is 4.08. The van der Waals surface area contributed by atoms with Gasteiger partial charge >= 0.3 is 0 Å². The van der Waals surface area contributed by atoms with Crippen LogP contribution in [0.2, 0.25) is 10.0 Å². The number of hydrogen-bond acceptors (Lipinski definition) is 2. The van der Waals surface area contributed by atoms with Crippen molar-refractivity contribution < 1.29 is 4.79 Å². The second-order valence-electron chi connectivity index (χ2n) is 5.14. The second-order valence-corrected chi connectivity index (χ2v) is 5.95. The molecule has 0 bridgehead atoms. The van der Waals surface area contributed by atoms with Gasteiger partial charge in [-0.2, -0.15) is 0 Å². The fraction of sp³-hybridized carbons (Fsp3) is 0.235. The van der Waals surface area contributed by atoms with Crippen LogP contribution in [0.1, 0.15) is 24.1 Å². The Morgan fingerprint density at radius 2 is 1.86 bits per heavy atom. The van der Waals surface area contributed by atoms with Crippen LogP contribution in [0.15, 0.2) is 42.5 Å². The van der Waals surface area contributed by atoms with Crippen LogP contribution in [0.25, 0.3) is 0 Å². The summed E-state index contributed by atoms with van der Waals surface area (Å²) in [7, 11) is 0. The standard InChI is InChI=1S/C17H18Cl2N2O/c1-11-7-8-13(9-16(11)19)21-17(22)10-20-12(2)14-5-3-4-6-15(14)18/h3-9,12,20H,10H2,1-2H3,(H,21,22)/t12-/m1/s1. The molecule has 3 nitrogen and oxygen atoms in total. The molecule has 1 amide bonds. The van der Waals surface area contributed by atoms with E-state index in [0.717, 1.165) is 11.1 Å². The third kappa shape index (κ3) is 4.47. The van der Waals surface area contributed by atoms with E-state index in [1.807, 2.05) is 50.2 Å². The molecule has 5 heteroatoms. The minimum absolute atomic E-state index is 0.0129. The number of amides is 1. The Morgan fingerprint density at radius 1 is 1.14 bits per heavy atom. The van der Waals surface area contributed by atoms with Gasteiger partial charge in [0.2, 0.25) is 5.91 Å². The molecule has 1 atom stereocenters. The van der Waals surface area contributed by atoms with Crippen molar-refractivity contribution in [3.63, 3.8) is 0 Å². The summed E-state index contributed by atoms with van der Waals surface area (Å²) in [5.41, 5.74) is 2.63. The average molecular weight is 337 g/mol. The first-order valence-electron chi connectivity index (χ1n) is 7.01. The summed E-state index contributed by atoms with van der Waals surface area (Å²) >= 11 is 12.2. The first-order valence-corrected chi connectivity index (χ1v) is 7.77. The van der Waals surface area contributed by atoms with Crippen molar-refractivity contribution in [2.45, 2.75) is 19.9 Å². The van der Waals surface area contributed by atoms with E-state index in [-0.39, 0.29) is 18.5 Å². The van der Waals surface area contributed by atoms with Crippen LogP contribution in [0.3, 0.4) is 0 Å². The van der Waals surface area contributed by atoms with Crippen LogP contribution in [0, 0.1) is 6.92 Å². The molecular formula is C17H18Cl2N2O. The molecule has 0 saturated carbocycles. The van der Waals surface area contributed by atoms with Crippen molar-refractivity contribution in [2.24, 2.45) is 0 Å². The molecule has 0 spiro atoms. The average Bonchev–Trinajstić information content (AvgIpc) is 2.49. The SMILES string of the molecule is Cc1ccc(NC(=O)CN[C@H](C)c2ccccc2Cl)cc1Cl. The van der Waals surface area contributed by atoms with Crippen LogP contribution in [-0.2, 0) is 4.79 Å². The molecule has 0 heterocycles. The molecule has 2 aromatic carbocycles. The number of hydrogen-bond donors (Lipinski definition) is 2. The van der Waals surface area contributed by atoms with E-state index < -0.39 is 0 Å². The normalized spacial score (nSPS) is 12.0. The van der Waals surface area contributed by atoms with Gasteiger partial charge in [-0.15, -0.1) is 0 Å². The first kappa shape index (κ1) is 16.8. The Morgan fingerprint density at radius 3 is 2.55 bits per heavy atom. The third-order valence-corrected chi connectivity index (χ3v) is 4.15. The van der Waals surface area contributed by atoms with Gasteiger partial charge in [0.1, 0.15) is 0 Å². The predicted octanol–water partition coefficient (Wildman–Crippen LogP) is 4.59. The number of carbonyl (C=O) groups is 1. The summed E-state index contributed by atoms with van der Waals surface area (Å²) in [5.74, 6) is -0.126. The Kier molecular flexibility index (Phi) is 5.83. The number of halogens is 2. The molecule has 0 fully saturated rings. The molecule has 0 aliphatic heterocycles. The van der Waals surface area contributed by atoms with Crippen molar-refractivity contribution in [3.05, 3.63) is 63.6 Å². The Hall–Kier alpha value is -1.55. The maximum Gasteiger partial charge on any atom is 0.238 e. The molecular weight excluding hydrogens is 319 g/mol. The van der Waals surface area contributed by atoms with E-state index in [1.165, 1.54) is 0 Å². The van der Waals surface area contributed by atoms with Gasteiger partial charge in [0.05, 0.1) is 6.54 Å². The molecule has 0 aliphatic carbocycles. The van der Waals surface area contributed by atoms with Crippen molar-refractivity contribution in [3.8, 4) is 0 Å². The maximum atomic E-state index is 12.0. The number of aryl methyl sites for hydroxylation is 1. The molecule has 0 aromatic heterocycles. The van der Waals surface area contributed by atoms with Gasteiger partial charge in [-0.25, -0.2) is 0 Å². The molecule has 0 aliphatic rings. The third-order valence-electron chi connectivity index (χ3n) is 3.40. The minimum Gasteiger partial charge on any atom is -0.325 e. The Balaban J connectivity index is 1.90. The molecule has 22 heavy (non-hydrogen) atoms. The van der Waals surface area contributed by atoms with Crippen molar-refractivity contribution in [1.82, 2.24) is 5.32 Å². The number of anilines is 1. The molecule has 0 unspecified atom stereocenters. The smallest absolute Gasteiger partial charge is 0.238 e. The van der Waals surface area contributed by atoms with E-state index in [4.69, 9.17) is 23.2 Å². The van der Waals surface area contributed by atoms with Gasteiger partial charge in [0.15, 0.2) is 0 Å². The molecule has 2 rings (SSSR count). The number of rotatable bonds is 5. The van der Waals surface area contributed by atoms with Crippen molar-refractivity contribution in [1.29, 1.82) is 0 Å². The van der Waals surface area contributed by atoms with Crippen molar-refractivity contribution in [2.75, 3.05) is 11.9 Å². The number of carbonyl (C=O) groups excluding carboxylic acids is 1. The lowest BCUT2D eigenvalue weighted by atomic mass is 10.1. The van der Waals surface area contributed by atoms with Crippen LogP contribution >= 0.6 is 23.2 Å². The van der Waals surface area contributed by atoms with Crippen molar-refractivity contribution >= 4 is 34.8 Å². The monoisotopic (exact) mass is 336 g/mol.